The average molecular weight is 637 g/mol. The predicted octanol–water partition coefficient (Wildman–Crippen LogP) is 5.92. The maximum absolute atomic E-state index is 13.1. The summed E-state index contributed by atoms with van der Waals surface area (Å²) >= 11 is 3.05. The lowest BCUT2D eigenvalue weighted by atomic mass is 9.77. The molecule has 4 atom stereocenters. The molecule has 2 amide bonds. The summed E-state index contributed by atoms with van der Waals surface area (Å²) < 4.78 is 18.9. The average Bonchev–Trinajstić information content (AvgIpc) is 3.65. The molecule has 1 spiro atoms. The minimum atomic E-state index is -1.12. The normalized spacial score (nSPS) is 23.9. The number of carbonyl (C=O) groups is 3. The molecule has 1 N–H and O–H groups in total. The topological polar surface area (TPSA) is 94.2 Å². The molecule has 4 aliphatic rings. The number of thiophene rings is 1. The second-order valence-corrected chi connectivity index (χ2v) is 13.6. The molecule has 8 nitrogen and oxygen atoms in total. The van der Waals surface area contributed by atoms with Gasteiger partial charge in [-0.25, -0.2) is 4.79 Å². The lowest BCUT2D eigenvalue weighted by molar-refractivity contribution is -0.150. The van der Waals surface area contributed by atoms with Crippen molar-refractivity contribution in [2.75, 3.05) is 6.61 Å². The monoisotopic (exact) mass is 636 g/mol. The van der Waals surface area contributed by atoms with Crippen molar-refractivity contribution in [1.29, 1.82) is 0 Å². The molecule has 0 bridgehead atoms. The maximum atomic E-state index is 13.1. The molecule has 4 aliphatic heterocycles. The van der Waals surface area contributed by atoms with Crippen LogP contribution in [0.3, 0.4) is 0 Å². The van der Waals surface area contributed by atoms with Gasteiger partial charge in [-0.2, -0.15) is 0 Å². The van der Waals surface area contributed by atoms with Crippen LogP contribution in [0, 0.1) is 6.92 Å². The summed E-state index contributed by atoms with van der Waals surface area (Å²) in [5.74, 6) is 1.17. The molecule has 45 heavy (non-hydrogen) atoms. The van der Waals surface area contributed by atoms with Crippen molar-refractivity contribution in [3.63, 3.8) is 0 Å². The summed E-state index contributed by atoms with van der Waals surface area (Å²) in [5.41, 5.74) is 3.69. The van der Waals surface area contributed by atoms with Crippen molar-refractivity contribution >= 4 is 40.9 Å². The molecule has 0 aliphatic carbocycles. The molecule has 5 heterocycles. The minimum Gasteiger partial charge on any atom is -0.489 e. The van der Waals surface area contributed by atoms with Gasteiger partial charge in [-0.05, 0) is 66.1 Å². The lowest BCUT2D eigenvalue weighted by Crippen LogP contribution is -2.72. The molecule has 3 aromatic carbocycles. The molecule has 0 radical (unpaired) electrons. The number of β-lactam (4-membered cyclic amide) rings is 1. The van der Waals surface area contributed by atoms with Crippen molar-refractivity contribution in [2.45, 2.75) is 43.3 Å². The highest BCUT2D eigenvalue weighted by molar-refractivity contribution is 8.02. The first-order chi connectivity index (χ1) is 21.8. The highest BCUT2D eigenvalue weighted by atomic mass is 32.2. The van der Waals surface area contributed by atoms with Crippen LogP contribution in [0.2, 0.25) is 0 Å². The first kappa shape index (κ1) is 28.0. The number of rotatable bonds is 6. The van der Waals surface area contributed by atoms with Gasteiger partial charge in [0.2, 0.25) is 11.8 Å². The molecular weight excluding hydrogens is 609 g/mol. The van der Waals surface area contributed by atoms with Crippen LogP contribution in [0.15, 0.2) is 89.2 Å². The number of amides is 2. The number of esters is 1. The van der Waals surface area contributed by atoms with E-state index in [1.165, 1.54) is 23.1 Å². The van der Waals surface area contributed by atoms with E-state index in [4.69, 9.17) is 14.2 Å². The number of hydrogen-bond donors (Lipinski definition) is 1. The van der Waals surface area contributed by atoms with E-state index >= 15 is 0 Å². The van der Waals surface area contributed by atoms with Crippen LogP contribution < -0.4 is 14.8 Å². The second-order valence-electron chi connectivity index (χ2n) is 11.6. The van der Waals surface area contributed by atoms with Crippen molar-refractivity contribution in [3.05, 3.63) is 122 Å². The Hall–Kier alpha value is -4.54. The van der Waals surface area contributed by atoms with Gasteiger partial charge in [0.05, 0.1) is 18.0 Å². The zero-order valence-corrected chi connectivity index (χ0v) is 26.1. The molecule has 226 valence electrons. The van der Waals surface area contributed by atoms with Gasteiger partial charge in [-0.1, -0.05) is 36.4 Å². The van der Waals surface area contributed by atoms with E-state index in [1.54, 1.807) is 6.07 Å². The summed E-state index contributed by atoms with van der Waals surface area (Å²) in [5, 5.41) is 6.75. The Balaban J connectivity index is 1.01. The first-order valence-electron chi connectivity index (χ1n) is 14.7. The van der Waals surface area contributed by atoms with Crippen LogP contribution >= 0.6 is 23.1 Å². The Labute approximate surface area is 268 Å². The van der Waals surface area contributed by atoms with Gasteiger partial charge < -0.3 is 24.4 Å². The highest BCUT2D eigenvalue weighted by Gasteiger charge is 2.54. The van der Waals surface area contributed by atoms with Gasteiger partial charge in [0.25, 0.3) is 0 Å². The molecule has 1 saturated heterocycles. The third kappa shape index (κ3) is 4.38. The Morgan fingerprint density at radius 1 is 1.00 bits per heavy atom. The third-order valence-corrected chi connectivity index (χ3v) is 11.0. The zero-order chi connectivity index (χ0) is 30.9. The zero-order valence-electron chi connectivity index (χ0n) is 24.4. The number of aryl methyl sites for hydroxylation is 1. The van der Waals surface area contributed by atoms with E-state index in [0.717, 1.165) is 32.7 Å². The summed E-state index contributed by atoms with van der Waals surface area (Å²) in [6.07, 6.45) is 0.273. The molecule has 1 fully saturated rings. The van der Waals surface area contributed by atoms with Crippen LogP contribution in [0.1, 0.15) is 44.4 Å². The van der Waals surface area contributed by atoms with Crippen LogP contribution in [0.25, 0.3) is 0 Å². The van der Waals surface area contributed by atoms with Crippen LogP contribution in [-0.4, -0.2) is 46.7 Å². The number of hydrogen-bond acceptors (Lipinski definition) is 8. The number of ether oxygens (including phenoxy) is 3. The molecule has 4 unspecified atom stereocenters. The largest absolute Gasteiger partial charge is 0.489 e. The summed E-state index contributed by atoms with van der Waals surface area (Å²) in [6.45, 7) is 4.25. The predicted molar refractivity (Wildman–Crippen MR) is 171 cm³/mol. The third-order valence-electron chi connectivity index (χ3n) is 8.87. The molecule has 8 rings (SSSR count). The number of nitrogens with zero attached hydrogens (tertiary/aromatic N) is 1. The van der Waals surface area contributed by atoms with Crippen molar-refractivity contribution < 1.29 is 28.6 Å². The van der Waals surface area contributed by atoms with Crippen LogP contribution in [0.4, 0.5) is 0 Å². The van der Waals surface area contributed by atoms with Gasteiger partial charge in [-0.15, -0.1) is 23.1 Å². The molecule has 0 saturated carbocycles. The molecule has 10 heteroatoms. The van der Waals surface area contributed by atoms with Gasteiger partial charge in [0.15, 0.2) is 5.60 Å². The fourth-order valence-corrected chi connectivity index (χ4v) is 8.62. The molecule has 1 aromatic heterocycles. The summed E-state index contributed by atoms with van der Waals surface area (Å²) in [7, 11) is 0. The Morgan fingerprint density at radius 2 is 1.80 bits per heavy atom. The van der Waals surface area contributed by atoms with Gasteiger partial charge in [0, 0.05) is 27.6 Å². The highest BCUT2D eigenvalue weighted by Crippen LogP contribution is 2.56. The van der Waals surface area contributed by atoms with Crippen molar-refractivity contribution in [2.24, 2.45) is 0 Å². The maximum Gasteiger partial charge on any atom is 0.340 e. The number of benzene rings is 3. The Morgan fingerprint density at radius 3 is 2.62 bits per heavy atom. The van der Waals surface area contributed by atoms with Gasteiger partial charge in [0.1, 0.15) is 35.3 Å². The second kappa shape index (κ2) is 10.5. The van der Waals surface area contributed by atoms with E-state index in [-0.39, 0.29) is 42.2 Å². The molecule has 4 aromatic rings. The minimum absolute atomic E-state index is 0.0852. The van der Waals surface area contributed by atoms with Crippen LogP contribution in [-0.2, 0) is 26.3 Å². The lowest BCUT2D eigenvalue weighted by Gasteiger charge is -2.52. The number of fused-ring (bicyclic) bond motifs is 7. The first-order valence-corrected chi connectivity index (χ1v) is 16.5. The van der Waals surface area contributed by atoms with Crippen LogP contribution in [0.5, 0.6) is 17.2 Å². The van der Waals surface area contributed by atoms with E-state index in [0.29, 0.717) is 22.8 Å². The summed E-state index contributed by atoms with van der Waals surface area (Å²) in [4.78, 5) is 41.4. The number of carbonyl (C=O) groups excluding carboxylic acids is 3. The van der Waals surface area contributed by atoms with Crippen molar-refractivity contribution in [1.82, 2.24) is 10.2 Å². The quantitative estimate of drug-likeness (QED) is 0.208. The van der Waals surface area contributed by atoms with Gasteiger partial charge in [-0.3, -0.25) is 9.59 Å². The Bertz CT molecular complexity index is 1920. The van der Waals surface area contributed by atoms with Gasteiger partial charge >= 0.3 is 5.97 Å². The Kier molecular flexibility index (Phi) is 6.54. The number of thioether (sulfide) groups is 1. The van der Waals surface area contributed by atoms with E-state index in [1.807, 2.05) is 96.3 Å². The van der Waals surface area contributed by atoms with Crippen molar-refractivity contribution in [3.8, 4) is 17.2 Å². The SMILES string of the molecule is Cc1ccc2c(c1)Oc1cc(OCC3=CSC4C(NC(=O)Cc5cccs5)C(=O)N4C3C)ccc1C21OC(=O)c2ccccc21. The van der Waals surface area contributed by atoms with E-state index in [9.17, 15) is 14.4 Å². The molecular formula is C35H28N2O6S2. The van der Waals surface area contributed by atoms with E-state index in [2.05, 4.69) is 5.32 Å². The number of nitrogens with one attached hydrogen (secondary N) is 1. The fourth-order valence-electron chi connectivity index (χ4n) is 6.58. The standard InChI is InChI=1S/C35H28N2O6S2/c1-19-9-11-26-28(14-19)42-29-15-22(10-12-27(29)35(26)25-8-4-3-7-24(25)34(40)43-35)41-17-21-18-45-33-31(32(39)37(33)20(21)2)36-30(38)16-23-6-5-13-44-23/h3-15,18,20,31,33H,16-17H2,1-2H3,(H,36,38). The summed E-state index contributed by atoms with van der Waals surface area (Å²) in [6, 6.07) is 22.1. The fraction of sp³-hybridized carbons (Fsp3) is 0.229. The van der Waals surface area contributed by atoms with E-state index < -0.39 is 11.6 Å². The smallest absolute Gasteiger partial charge is 0.340 e.